The Labute approximate surface area is 273 Å². The van der Waals surface area contributed by atoms with Crippen LogP contribution in [0, 0.1) is 30.1 Å². The molecule has 2 amide bonds. The van der Waals surface area contributed by atoms with Gasteiger partial charge < -0.3 is 20.8 Å². The number of rotatable bonds is 16. The first-order valence-electron chi connectivity index (χ1n) is 15.8. The molecular formula is C35H47ClN2O6S. The Morgan fingerprint density at radius 1 is 0.978 bits per heavy atom. The van der Waals surface area contributed by atoms with Gasteiger partial charge in [0.1, 0.15) is 12.1 Å². The maximum atomic E-state index is 13.7. The summed E-state index contributed by atoms with van der Waals surface area (Å²) in [6, 6.07) is 12.9. The first kappa shape index (κ1) is 36.6. The van der Waals surface area contributed by atoms with E-state index in [-0.39, 0.29) is 23.7 Å². The van der Waals surface area contributed by atoms with Crippen molar-refractivity contribution in [1.29, 1.82) is 0 Å². The zero-order valence-corrected chi connectivity index (χ0v) is 27.8. The second kappa shape index (κ2) is 17.7. The highest BCUT2D eigenvalue weighted by atomic mass is 35.5. The third-order valence-electron chi connectivity index (χ3n) is 8.40. The number of hydrogen-bond acceptors (Lipinski definition) is 6. The van der Waals surface area contributed by atoms with E-state index in [2.05, 4.69) is 16.6 Å². The molecule has 0 aromatic heterocycles. The summed E-state index contributed by atoms with van der Waals surface area (Å²) in [5.41, 5.74) is 0.761. The van der Waals surface area contributed by atoms with Crippen molar-refractivity contribution in [3.63, 3.8) is 0 Å². The molecule has 0 unspecified atom stereocenters. The van der Waals surface area contributed by atoms with Crippen LogP contribution < -0.4 is 10.6 Å². The number of hydrogen-bond donors (Lipinski definition) is 4. The number of nitrogens with one attached hydrogen (secondary N) is 2. The van der Waals surface area contributed by atoms with Crippen molar-refractivity contribution in [2.75, 3.05) is 5.75 Å². The highest BCUT2D eigenvalue weighted by Crippen LogP contribution is 2.29. The van der Waals surface area contributed by atoms with Crippen LogP contribution in [0.3, 0.4) is 0 Å². The van der Waals surface area contributed by atoms with Gasteiger partial charge in [0.25, 0.3) is 0 Å². The number of halogens is 1. The fourth-order valence-corrected chi connectivity index (χ4v) is 7.65. The summed E-state index contributed by atoms with van der Waals surface area (Å²) < 4.78 is 26.7. The summed E-state index contributed by atoms with van der Waals surface area (Å²) in [4.78, 5) is 27.4. The van der Waals surface area contributed by atoms with Gasteiger partial charge in [-0.3, -0.25) is 9.59 Å². The van der Waals surface area contributed by atoms with E-state index in [1.807, 2.05) is 19.9 Å². The van der Waals surface area contributed by atoms with Crippen LogP contribution in [0.15, 0.2) is 59.5 Å². The number of carbonyl (C=O) groups is 2. The summed E-state index contributed by atoms with van der Waals surface area (Å²) in [6.07, 6.45) is 9.47. The van der Waals surface area contributed by atoms with Gasteiger partial charge in [-0.15, -0.1) is 12.3 Å². The zero-order chi connectivity index (χ0) is 33.0. The fourth-order valence-electron chi connectivity index (χ4n) is 5.99. The molecule has 0 radical (unpaired) electrons. The quantitative estimate of drug-likeness (QED) is 0.193. The number of aliphatic hydroxyl groups excluding tert-OH is 2. The van der Waals surface area contributed by atoms with Gasteiger partial charge in [-0.1, -0.05) is 87.9 Å². The van der Waals surface area contributed by atoms with E-state index in [0.29, 0.717) is 23.8 Å². The number of aliphatic hydroxyl groups is 2. The van der Waals surface area contributed by atoms with Crippen LogP contribution in [0.5, 0.6) is 0 Å². The lowest BCUT2D eigenvalue weighted by Gasteiger charge is -2.33. The number of terminal acetylenes is 1. The molecule has 2 aromatic rings. The van der Waals surface area contributed by atoms with E-state index < -0.39 is 57.6 Å². The Hall–Kier alpha value is -2.90. The molecule has 5 atom stereocenters. The lowest BCUT2D eigenvalue weighted by Crippen LogP contribution is -2.56. The third-order valence-corrected chi connectivity index (χ3v) is 10.5. The van der Waals surface area contributed by atoms with Crippen molar-refractivity contribution in [2.24, 2.45) is 17.8 Å². The molecular weight excluding hydrogens is 612 g/mol. The van der Waals surface area contributed by atoms with Gasteiger partial charge in [-0.25, -0.2) is 8.42 Å². The minimum Gasteiger partial charge on any atom is -0.390 e. The average molecular weight is 659 g/mol. The van der Waals surface area contributed by atoms with Crippen LogP contribution in [0.2, 0.25) is 5.02 Å². The Morgan fingerprint density at radius 3 is 2.22 bits per heavy atom. The van der Waals surface area contributed by atoms with Gasteiger partial charge in [0, 0.05) is 11.4 Å². The predicted octanol–water partition coefficient (Wildman–Crippen LogP) is 4.70. The molecule has 3 rings (SSSR count). The highest BCUT2D eigenvalue weighted by molar-refractivity contribution is 7.91. The van der Waals surface area contributed by atoms with Crippen LogP contribution in [0.1, 0.15) is 70.8 Å². The number of carbonyl (C=O) groups excluding carboxylic acids is 2. The Morgan fingerprint density at radius 2 is 1.62 bits per heavy atom. The van der Waals surface area contributed by atoms with Crippen LogP contribution in [0.4, 0.5) is 0 Å². The second-order valence-electron chi connectivity index (χ2n) is 12.6. The summed E-state index contributed by atoms with van der Waals surface area (Å²) in [5, 5.41) is 27.9. The van der Waals surface area contributed by atoms with Crippen molar-refractivity contribution in [1.82, 2.24) is 10.6 Å². The van der Waals surface area contributed by atoms with E-state index in [1.165, 1.54) is 24.3 Å². The third kappa shape index (κ3) is 11.8. The van der Waals surface area contributed by atoms with E-state index >= 15 is 0 Å². The molecule has 1 fully saturated rings. The average Bonchev–Trinajstić information content (AvgIpc) is 3.00. The van der Waals surface area contributed by atoms with Gasteiger partial charge in [-0.05, 0) is 60.9 Å². The van der Waals surface area contributed by atoms with E-state index in [4.69, 9.17) is 18.0 Å². The maximum absolute atomic E-state index is 13.7. The molecule has 2 aromatic carbocycles. The highest BCUT2D eigenvalue weighted by Gasteiger charge is 2.34. The van der Waals surface area contributed by atoms with Gasteiger partial charge in [0.2, 0.25) is 11.8 Å². The van der Waals surface area contributed by atoms with E-state index in [1.54, 1.807) is 24.3 Å². The maximum Gasteiger partial charge on any atom is 0.243 e. The molecule has 1 saturated carbocycles. The summed E-state index contributed by atoms with van der Waals surface area (Å²) in [6.45, 7) is 3.89. The van der Waals surface area contributed by atoms with E-state index in [9.17, 15) is 28.2 Å². The standard InChI is InChI=1S/C35H47ClN2O6S/c1-4-11-30(35(42)38-31(22-26-14-9-6-10-15-26)33(40)32(39)20-24(2)3)37-34(41)27(21-25-12-7-5-8-13-25)23-45(43,44)29-18-16-28(36)17-19-29/h1,5,7-8,12-13,16-19,24,26-27,30-33,39-40H,6,9-11,14-15,20-23H2,2-3H3,(H,37,41)(H,38,42)/t27-,30+,31+,32+,33-/m1/s1. The fraction of sp³-hybridized carbons (Fsp3) is 0.543. The van der Waals surface area contributed by atoms with Crippen molar-refractivity contribution in [3.05, 3.63) is 65.2 Å². The van der Waals surface area contributed by atoms with Crippen LogP contribution in [0.25, 0.3) is 0 Å². The van der Waals surface area contributed by atoms with Crippen LogP contribution >= 0.6 is 11.6 Å². The lowest BCUT2D eigenvalue weighted by atomic mass is 9.82. The Balaban J connectivity index is 1.82. The molecule has 0 heterocycles. The predicted molar refractivity (Wildman–Crippen MR) is 177 cm³/mol. The molecule has 1 aliphatic rings. The molecule has 1 aliphatic carbocycles. The molecule has 4 N–H and O–H groups in total. The molecule has 0 bridgehead atoms. The van der Waals surface area contributed by atoms with Crippen molar-refractivity contribution < 1.29 is 28.2 Å². The van der Waals surface area contributed by atoms with Crippen molar-refractivity contribution in [2.45, 2.75) is 101 Å². The molecule has 10 heteroatoms. The molecule has 0 saturated heterocycles. The number of sulfone groups is 1. The minimum atomic E-state index is -3.90. The molecule has 0 aliphatic heterocycles. The minimum absolute atomic E-state index is 0.0372. The first-order valence-corrected chi connectivity index (χ1v) is 17.8. The summed E-state index contributed by atoms with van der Waals surface area (Å²) >= 11 is 5.95. The molecule has 8 nitrogen and oxygen atoms in total. The summed E-state index contributed by atoms with van der Waals surface area (Å²) in [7, 11) is -3.90. The van der Waals surface area contributed by atoms with Crippen LogP contribution in [-0.2, 0) is 25.8 Å². The zero-order valence-electron chi connectivity index (χ0n) is 26.2. The topological polar surface area (TPSA) is 133 Å². The molecule has 0 spiro atoms. The van der Waals surface area contributed by atoms with Gasteiger partial charge in [0.05, 0.1) is 28.7 Å². The number of amides is 2. The Kier molecular flexibility index (Phi) is 14.4. The lowest BCUT2D eigenvalue weighted by molar-refractivity contribution is -0.132. The molecule has 45 heavy (non-hydrogen) atoms. The van der Waals surface area contributed by atoms with Gasteiger partial charge >= 0.3 is 0 Å². The van der Waals surface area contributed by atoms with Crippen molar-refractivity contribution >= 4 is 33.3 Å². The Bertz CT molecular complexity index is 1370. The normalized spacial score (nSPS) is 17.4. The van der Waals surface area contributed by atoms with E-state index in [0.717, 1.165) is 37.7 Å². The second-order valence-corrected chi connectivity index (χ2v) is 15.1. The smallest absolute Gasteiger partial charge is 0.243 e. The van der Waals surface area contributed by atoms with Gasteiger partial charge in [0.15, 0.2) is 9.84 Å². The largest absolute Gasteiger partial charge is 0.390 e. The van der Waals surface area contributed by atoms with Crippen LogP contribution in [-0.4, -0.2) is 60.5 Å². The monoisotopic (exact) mass is 658 g/mol. The van der Waals surface area contributed by atoms with Crippen molar-refractivity contribution in [3.8, 4) is 12.3 Å². The first-order chi connectivity index (χ1) is 21.4. The summed E-state index contributed by atoms with van der Waals surface area (Å²) in [5.74, 6) is 0.125. The number of benzene rings is 2. The van der Waals surface area contributed by atoms with Gasteiger partial charge in [-0.2, -0.15) is 0 Å². The molecule has 246 valence electrons. The SMILES string of the molecule is C#CC[C@H](NC(=O)[C@H](Cc1ccccc1)CS(=O)(=O)c1ccc(Cl)cc1)C(=O)N[C@@H](CC1CCCCC1)[C@@H](O)[C@@H](O)CC(C)C.